The largest absolute Gasteiger partial charge is 0.495 e. The fourth-order valence-corrected chi connectivity index (χ4v) is 3.72. The summed E-state index contributed by atoms with van der Waals surface area (Å²) in [7, 11) is 1.71. The summed E-state index contributed by atoms with van der Waals surface area (Å²) in [6.45, 7) is 2.09. The predicted octanol–water partition coefficient (Wildman–Crippen LogP) is 4.42. The van der Waals surface area contributed by atoms with Crippen LogP contribution in [0.1, 0.15) is 55.2 Å². The highest BCUT2D eigenvalue weighted by Gasteiger charge is 2.21. The van der Waals surface area contributed by atoms with Crippen LogP contribution in [0.2, 0.25) is 0 Å². The molecular formula is C16H21BrO2. The quantitative estimate of drug-likeness (QED) is 0.605. The zero-order chi connectivity index (χ0) is 13.8. The van der Waals surface area contributed by atoms with Crippen LogP contribution >= 0.6 is 15.9 Å². The number of aryl methyl sites for hydroxylation is 1. The number of halogens is 1. The van der Waals surface area contributed by atoms with Crippen molar-refractivity contribution in [2.45, 2.75) is 51.4 Å². The first-order chi connectivity index (χ1) is 9.19. The van der Waals surface area contributed by atoms with Crippen LogP contribution in [0.15, 0.2) is 10.5 Å². The lowest BCUT2D eigenvalue weighted by molar-refractivity contribution is -0.108. The molecule has 0 N–H and O–H groups in total. The third kappa shape index (κ3) is 3.02. The average Bonchev–Trinajstić information content (AvgIpc) is 2.64. The number of hydrogen-bond acceptors (Lipinski definition) is 2. The Labute approximate surface area is 123 Å². The van der Waals surface area contributed by atoms with Crippen molar-refractivity contribution in [3.63, 3.8) is 0 Å². The molecule has 0 aromatic heterocycles. The molecule has 1 unspecified atom stereocenters. The average molecular weight is 325 g/mol. The van der Waals surface area contributed by atoms with E-state index in [0.29, 0.717) is 6.42 Å². The maximum atomic E-state index is 10.8. The van der Waals surface area contributed by atoms with Gasteiger partial charge in [-0.05, 0) is 64.2 Å². The van der Waals surface area contributed by atoms with Crippen molar-refractivity contribution in [1.82, 2.24) is 0 Å². The molecule has 104 valence electrons. The SMILES string of the molecule is COc1c(C(C)CC=O)cc2c(c1Br)CCCCC2. The summed E-state index contributed by atoms with van der Waals surface area (Å²) >= 11 is 3.72. The zero-order valence-corrected chi connectivity index (χ0v) is 13.3. The Morgan fingerprint density at radius 3 is 2.79 bits per heavy atom. The van der Waals surface area contributed by atoms with E-state index in [2.05, 4.69) is 28.9 Å². The first-order valence-corrected chi connectivity index (χ1v) is 7.80. The Morgan fingerprint density at radius 1 is 1.37 bits per heavy atom. The molecule has 0 bridgehead atoms. The molecule has 1 atom stereocenters. The summed E-state index contributed by atoms with van der Waals surface area (Å²) in [5.74, 6) is 1.12. The van der Waals surface area contributed by atoms with Crippen LogP contribution in [0, 0.1) is 0 Å². The van der Waals surface area contributed by atoms with Gasteiger partial charge in [0.25, 0.3) is 0 Å². The lowest BCUT2D eigenvalue weighted by Gasteiger charge is -2.20. The summed E-state index contributed by atoms with van der Waals surface area (Å²) in [6.07, 6.45) is 7.59. The molecule has 2 nitrogen and oxygen atoms in total. The number of rotatable bonds is 4. The number of methoxy groups -OCH3 is 1. The van der Waals surface area contributed by atoms with Gasteiger partial charge in [0.2, 0.25) is 0 Å². The molecule has 0 heterocycles. The van der Waals surface area contributed by atoms with E-state index in [0.717, 1.165) is 34.9 Å². The first kappa shape index (κ1) is 14.6. The molecule has 1 aromatic rings. The highest BCUT2D eigenvalue weighted by molar-refractivity contribution is 9.10. The van der Waals surface area contributed by atoms with Gasteiger partial charge in [-0.15, -0.1) is 0 Å². The van der Waals surface area contributed by atoms with Crippen LogP contribution in [0.25, 0.3) is 0 Å². The molecule has 0 fully saturated rings. The van der Waals surface area contributed by atoms with Crippen LogP contribution in [0.4, 0.5) is 0 Å². The summed E-state index contributed by atoms with van der Waals surface area (Å²) in [5.41, 5.74) is 3.98. The lowest BCUT2D eigenvalue weighted by atomic mass is 9.91. The highest BCUT2D eigenvalue weighted by Crippen LogP contribution is 2.41. The Morgan fingerprint density at radius 2 is 2.11 bits per heavy atom. The van der Waals surface area contributed by atoms with E-state index in [1.54, 1.807) is 7.11 Å². The van der Waals surface area contributed by atoms with Crippen LogP contribution in [0.5, 0.6) is 5.75 Å². The Kier molecular flexibility index (Phi) is 5.03. The summed E-state index contributed by atoms with van der Waals surface area (Å²) < 4.78 is 6.69. The minimum absolute atomic E-state index is 0.206. The van der Waals surface area contributed by atoms with E-state index >= 15 is 0 Å². The molecule has 0 spiro atoms. The third-order valence-electron chi connectivity index (χ3n) is 4.00. The Bertz CT molecular complexity index is 468. The second-order valence-corrected chi connectivity index (χ2v) is 6.11. The molecule has 1 aliphatic rings. The normalized spacial score (nSPS) is 16.4. The van der Waals surface area contributed by atoms with Crippen LogP contribution in [-0.2, 0) is 17.6 Å². The maximum absolute atomic E-state index is 10.8. The molecular weight excluding hydrogens is 304 g/mol. The molecule has 0 saturated carbocycles. The number of carbonyl (C=O) groups is 1. The standard InChI is InChI=1S/C16H21BrO2/c1-11(8-9-18)14-10-12-6-4-3-5-7-13(12)15(17)16(14)19-2/h9-11H,3-8H2,1-2H3. The van der Waals surface area contributed by atoms with Gasteiger partial charge in [0.1, 0.15) is 12.0 Å². The Hall–Kier alpha value is -0.830. The number of benzene rings is 1. The minimum Gasteiger partial charge on any atom is -0.495 e. The number of hydrogen-bond donors (Lipinski definition) is 0. The number of aldehydes is 1. The van der Waals surface area contributed by atoms with E-state index in [1.165, 1.54) is 30.4 Å². The van der Waals surface area contributed by atoms with Gasteiger partial charge < -0.3 is 9.53 Å². The minimum atomic E-state index is 0.206. The summed E-state index contributed by atoms with van der Waals surface area (Å²) in [4.78, 5) is 10.8. The summed E-state index contributed by atoms with van der Waals surface area (Å²) in [5, 5.41) is 0. The third-order valence-corrected chi connectivity index (χ3v) is 4.84. The van der Waals surface area contributed by atoms with Gasteiger partial charge in [0, 0.05) is 6.42 Å². The molecule has 3 heteroatoms. The van der Waals surface area contributed by atoms with Gasteiger partial charge >= 0.3 is 0 Å². The van der Waals surface area contributed by atoms with Crippen LogP contribution in [0.3, 0.4) is 0 Å². The molecule has 0 amide bonds. The fourth-order valence-electron chi connectivity index (χ4n) is 2.88. The van der Waals surface area contributed by atoms with Gasteiger partial charge in [0.15, 0.2) is 0 Å². The molecule has 1 aliphatic carbocycles. The second kappa shape index (κ2) is 6.56. The topological polar surface area (TPSA) is 26.3 Å². The Balaban J connectivity index is 2.51. The van der Waals surface area contributed by atoms with Crippen molar-refractivity contribution < 1.29 is 9.53 Å². The van der Waals surface area contributed by atoms with Crippen molar-refractivity contribution in [2.24, 2.45) is 0 Å². The van der Waals surface area contributed by atoms with Crippen molar-refractivity contribution in [3.8, 4) is 5.75 Å². The maximum Gasteiger partial charge on any atom is 0.136 e. The lowest BCUT2D eigenvalue weighted by Crippen LogP contribution is -2.04. The van der Waals surface area contributed by atoms with Gasteiger partial charge in [-0.3, -0.25) is 0 Å². The van der Waals surface area contributed by atoms with Crippen molar-refractivity contribution in [1.29, 1.82) is 0 Å². The van der Waals surface area contributed by atoms with E-state index < -0.39 is 0 Å². The van der Waals surface area contributed by atoms with Crippen molar-refractivity contribution in [3.05, 3.63) is 27.2 Å². The van der Waals surface area contributed by atoms with Gasteiger partial charge in [-0.2, -0.15) is 0 Å². The molecule has 0 saturated heterocycles. The van der Waals surface area contributed by atoms with Crippen LogP contribution < -0.4 is 4.74 Å². The first-order valence-electron chi connectivity index (χ1n) is 7.00. The van der Waals surface area contributed by atoms with E-state index in [-0.39, 0.29) is 5.92 Å². The fraction of sp³-hybridized carbons (Fsp3) is 0.562. The molecule has 19 heavy (non-hydrogen) atoms. The zero-order valence-electron chi connectivity index (χ0n) is 11.7. The summed E-state index contributed by atoms with van der Waals surface area (Å²) in [6, 6.07) is 2.26. The van der Waals surface area contributed by atoms with E-state index in [9.17, 15) is 4.79 Å². The monoisotopic (exact) mass is 324 g/mol. The number of fused-ring (bicyclic) bond motifs is 1. The number of ether oxygens (including phenoxy) is 1. The van der Waals surface area contributed by atoms with Gasteiger partial charge in [-0.25, -0.2) is 0 Å². The molecule has 1 aromatic carbocycles. The molecule has 0 radical (unpaired) electrons. The van der Waals surface area contributed by atoms with Gasteiger partial charge in [-0.1, -0.05) is 19.4 Å². The van der Waals surface area contributed by atoms with Crippen molar-refractivity contribution >= 4 is 22.2 Å². The predicted molar refractivity (Wildman–Crippen MR) is 81.0 cm³/mol. The highest BCUT2D eigenvalue weighted by atomic mass is 79.9. The number of carbonyl (C=O) groups excluding carboxylic acids is 1. The van der Waals surface area contributed by atoms with Crippen molar-refractivity contribution in [2.75, 3.05) is 7.11 Å². The molecule has 0 aliphatic heterocycles. The van der Waals surface area contributed by atoms with Crippen LogP contribution in [-0.4, -0.2) is 13.4 Å². The van der Waals surface area contributed by atoms with E-state index in [1.807, 2.05) is 0 Å². The second-order valence-electron chi connectivity index (χ2n) is 5.31. The smallest absolute Gasteiger partial charge is 0.136 e. The van der Waals surface area contributed by atoms with E-state index in [4.69, 9.17) is 4.74 Å². The van der Waals surface area contributed by atoms with Gasteiger partial charge in [0.05, 0.1) is 11.6 Å². The molecule has 2 rings (SSSR count).